The molecular formula is C16H17F6N5. The first-order valence-corrected chi connectivity index (χ1v) is 8.28. The molecule has 1 aromatic carbocycles. The molecular weight excluding hydrogens is 376 g/mol. The smallest absolute Gasteiger partial charge is 0.324 e. The van der Waals surface area contributed by atoms with Gasteiger partial charge in [0.2, 0.25) is 5.82 Å². The van der Waals surface area contributed by atoms with Gasteiger partial charge in [0.1, 0.15) is 11.6 Å². The maximum Gasteiger partial charge on any atom is 0.451 e. The average Bonchev–Trinajstić information content (AvgIpc) is 3.01. The molecule has 1 aromatic heterocycles. The fourth-order valence-electron chi connectivity index (χ4n) is 3.12. The Bertz CT molecular complexity index is 818. The maximum absolute atomic E-state index is 13.7. The molecule has 0 bridgehead atoms. The number of nitrogens with two attached hydrogens (primary N) is 1. The lowest BCUT2D eigenvalue weighted by molar-refractivity contribution is -0.148. The van der Waals surface area contributed by atoms with Crippen molar-refractivity contribution in [2.24, 2.45) is 5.73 Å². The lowest BCUT2D eigenvalue weighted by Gasteiger charge is -2.28. The van der Waals surface area contributed by atoms with Gasteiger partial charge in [-0.25, -0.2) is 13.2 Å². The van der Waals surface area contributed by atoms with Gasteiger partial charge in [-0.05, 0) is 25.5 Å². The van der Waals surface area contributed by atoms with Gasteiger partial charge in [0.25, 0.3) is 0 Å². The molecule has 1 aliphatic heterocycles. The van der Waals surface area contributed by atoms with Crippen molar-refractivity contribution in [2.75, 3.05) is 13.1 Å². The number of nitrogens with zero attached hydrogens (tertiary/aromatic N) is 4. The highest BCUT2D eigenvalue weighted by Crippen LogP contribution is 2.29. The Hall–Kier alpha value is -2.14. The Morgan fingerprint density at radius 2 is 1.74 bits per heavy atom. The molecule has 1 atom stereocenters. The Balaban J connectivity index is 1.55. The number of benzene rings is 1. The minimum Gasteiger partial charge on any atom is -0.324 e. The molecule has 5 nitrogen and oxygen atoms in total. The van der Waals surface area contributed by atoms with Crippen molar-refractivity contribution in [1.29, 1.82) is 0 Å². The van der Waals surface area contributed by atoms with Crippen LogP contribution < -0.4 is 5.73 Å². The number of rotatable bonds is 5. The van der Waals surface area contributed by atoms with Gasteiger partial charge in [-0.1, -0.05) is 0 Å². The molecule has 3 rings (SSSR count). The van der Waals surface area contributed by atoms with Crippen molar-refractivity contribution in [3.63, 3.8) is 0 Å². The molecule has 0 aliphatic carbocycles. The van der Waals surface area contributed by atoms with Crippen molar-refractivity contribution < 1.29 is 26.3 Å². The van der Waals surface area contributed by atoms with Crippen LogP contribution in [-0.4, -0.2) is 32.8 Å². The third kappa shape index (κ3) is 4.24. The summed E-state index contributed by atoms with van der Waals surface area (Å²) < 4.78 is 79.4. The number of hydrogen-bond donors (Lipinski definition) is 1. The van der Waals surface area contributed by atoms with Crippen LogP contribution in [0.15, 0.2) is 12.1 Å². The summed E-state index contributed by atoms with van der Waals surface area (Å²) in [4.78, 5) is 1.89. The summed E-state index contributed by atoms with van der Waals surface area (Å²) in [6.07, 6.45) is -3.74. The topological polar surface area (TPSA) is 60.0 Å². The van der Waals surface area contributed by atoms with Crippen LogP contribution in [0.3, 0.4) is 0 Å². The summed E-state index contributed by atoms with van der Waals surface area (Å²) in [5, 5.41) is 6.80. The normalized spacial score (nSPS) is 16.4. The number of halogens is 6. The van der Waals surface area contributed by atoms with Crippen molar-refractivity contribution >= 4 is 0 Å². The fraction of sp³-hybridized carbons (Fsp3) is 0.500. The molecule has 0 spiro atoms. The van der Waals surface area contributed by atoms with E-state index in [0.29, 0.717) is 32.0 Å². The molecule has 27 heavy (non-hydrogen) atoms. The summed E-state index contributed by atoms with van der Waals surface area (Å²) in [7, 11) is 0. The SMILES string of the molecule is NC(CCCN1CCn2c(nnc2C(F)(F)F)C1)c1cc(F)c(F)cc1F. The van der Waals surface area contributed by atoms with E-state index in [2.05, 4.69) is 10.2 Å². The molecule has 0 saturated carbocycles. The van der Waals surface area contributed by atoms with Crippen LogP contribution in [0.25, 0.3) is 0 Å². The van der Waals surface area contributed by atoms with Crippen molar-refractivity contribution in [1.82, 2.24) is 19.7 Å². The van der Waals surface area contributed by atoms with E-state index in [1.165, 1.54) is 0 Å². The molecule has 0 fully saturated rings. The number of hydrogen-bond acceptors (Lipinski definition) is 4. The lowest BCUT2D eigenvalue weighted by Crippen LogP contribution is -2.36. The van der Waals surface area contributed by atoms with Gasteiger partial charge in [-0.3, -0.25) is 4.90 Å². The van der Waals surface area contributed by atoms with E-state index >= 15 is 0 Å². The van der Waals surface area contributed by atoms with Crippen molar-refractivity contribution in [3.05, 3.63) is 46.8 Å². The maximum atomic E-state index is 13.7. The number of aromatic nitrogens is 3. The highest BCUT2D eigenvalue weighted by Gasteiger charge is 2.39. The molecule has 2 aromatic rings. The average molecular weight is 393 g/mol. The van der Waals surface area contributed by atoms with Gasteiger partial charge in [0.15, 0.2) is 11.6 Å². The van der Waals surface area contributed by atoms with E-state index in [-0.39, 0.29) is 24.5 Å². The van der Waals surface area contributed by atoms with Gasteiger partial charge in [0, 0.05) is 30.8 Å². The van der Waals surface area contributed by atoms with Crippen LogP contribution >= 0.6 is 0 Å². The third-order valence-electron chi connectivity index (χ3n) is 4.51. The molecule has 11 heteroatoms. The second-order valence-corrected chi connectivity index (χ2v) is 6.40. The summed E-state index contributed by atoms with van der Waals surface area (Å²) >= 11 is 0. The van der Waals surface area contributed by atoms with Crippen molar-refractivity contribution in [3.8, 4) is 0 Å². The summed E-state index contributed by atoms with van der Waals surface area (Å²) in [6.45, 7) is 1.19. The molecule has 148 valence electrons. The molecule has 2 heterocycles. The standard InChI is InChI=1S/C16H17F6N5/c17-10-7-12(19)11(18)6-9(10)13(23)2-1-3-26-4-5-27-14(8-26)24-25-15(27)16(20,21)22/h6-7,13H,1-5,8,23H2. The summed E-state index contributed by atoms with van der Waals surface area (Å²) in [5.74, 6) is -4.14. The van der Waals surface area contributed by atoms with E-state index in [1.54, 1.807) is 0 Å². The van der Waals surface area contributed by atoms with Crippen LogP contribution in [0.5, 0.6) is 0 Å². The number of alkyl halides is 3. The van der Waals surface area contributed by atoms with E-state index in [9.17, 15) is 26.3 Å². The Morgan fingerprint density at radius 1 is 1.04 bits per heavy atom. The van der Waals surface area contributed by atoms with Gasteiger partial charge in [-0.15, -0.1) is 10.2 Å². The molecule has 1 unspecified atom stereocenters. The fourth-order valence-corrected chi connectivity index (χ4v) is 3.12. The van der Waals surface area contributed by atoms with Gasteiger partial charge in [0.05, 0.1) is 6.54 Å². The highest BCUT2D eigenvalue weighted by molar-refractivity contribution is 5.23. The van der Waals surface area contributed by atoms with Gasteiger partial charge in [-0.2, -0.15) is 13.2 Å². The largest absolute Gasteiger partial charge is 0.451 e. The Morgan fingerprint density at radius 3 is 2.44 bits per heavy atom. The van der Waals surface area contributed by atoms with E-state index < -0.39 is 35.5 Å². The Kier molecular flexibility index (Phi) is 5.43. The zero-order valence-electron chi connectivity index (χ0n) is 14.1. The molecule has 0 saturated heterocycles. The predicted octanol–water partition coefficient (Wildman–Crippen LogP) is 3.01. The molecule has 0 radical (unpaired) electrons. The van der Waals surface area contributed by atoms with Gasteiger partial charge >= 0.3 is 6.18 Å². The van der Waals surface area contributed by atoms with Crippen LogP contribution in [0.1, 0.15) is 36.1 Å². The predicted molar refractivity (Wildman–Crippen MR) is 82.8 cm³/mol. The van der Waals surface area contributed by atoms with E-state index in [0.717, 1.165) is 10.6 Å². The summed E-state index contributed by atoms with van der Waals surface area (Å²) in [6, 6.07) is 0.391. The number of fused-ring (bicyclic) bond motifs is 1. The minimum absolute atomic E-state index is 0.109. The molecule has 1 aliphatic rings. The highest BCUT2D eigenvalue weighted by atomic mass is 19.4. The monoisotopic (exact) mass is 393 g/mol. The summed E-state index contributed by atoms with van der Waals surface area (Å²) in [5.41, 5.74) is 5.75. The lowest BCUT2D eigenvalue weighted by atomic mass is 10.0. The van der Waals surface area contributed by atoms with Crippen LogP contribution in [-0.2, 0) is 19.3 Å². The van der Waals surface area contributed by atoms with E-state index in [1.807, 2.05) is 4.90 Å². The van der Waals surface area contributed by atoms with E-state index in [4.69, 9.17) is 5.73 Å². The molecule has 0 amide bonds. The van der Waals surface area contributed by atoms with Crippen molar-refractivity contribution in [2.45, 2.75) is 38.1 Å². The third-order valence-corrected chi connectivity index (χ3v) is 4.51. The minimum atomic E-state index is -4.55. The first-order valence-electron chi connectivity index (χ1n) is 8.28. The zero-order valence-corrected chi connectivity index (χ0v) is 14.1. The van der Waals surface area contributed by atoms with Crippen LogP contribution in [0.2, 0.25) is 0 Å². The van der Waals surface area contributed by atoms with Crippen LogP contribution in [0.4, 0.5) is 26.3 Å². The second kappa shape index (κ2) is 7.47. The first kappa shape index (κ1) is 19.6. The second-order valence-electron chi connectivity index (χ2n) is 6.40. The zero-order chi connectivity index (χ0) is 19.8. The van der Waals surface area contributed by atoms with Gasteiger partial charge < -0.3 is 10.3 Å². The first-order chi connectivity index (χ1) is 12.7. The molecule has 2 N–H and O–H groups in total. The van der Waals surface area contributed by atoms with Crippen LogP contribution in [0, 0.1) is 17.5 Å². The quantitative estimate of drug-likeness (QED) is 0.627. The Labute approximate surface area is 150 Å².